The zero-order valence-electron chi connectivity index (χ0n) is 13.2. The number of carbonyl (C=O) groups excluding carboxylic acids is 1. The van der Waals surface area contributed by atoms with Crippen LogP contribution in [0.2, 0.25) is 0 Å². The summed E-state index contributed by atoms with van der Waals surface area (Å²) >= 11 is 0. The van der Waals surface area contributed by atoms with Gasteiger partial charge in [-0.1, -0.05) is 12.1 Å². The molecule has 3 rings (SSSR count). The number of para-hydroxylation sites is 2. The Balaban J connectivity index is 1.53. The molecule has 0 radical (unpaired) electrons. The third kappa shape index (κ3) is 3.35. The molecule has 0 aromatic heterocycles. The Labute approximate surface area is 132 Å². The van der Waals surface area contributed by atoms with Gasteiger partial charge in [-0.25, -0.2) is 4.79 Å². The van der Waals surface area contributed by atoms with Crippen molar-refractivity contribution in [3.63, 3.8) is 0 Å². The molecule has 120 valence electrons. The van der Waals surface area contributed by atoms with Crippen LogP contribution in [0.4, 0.5) is 10.5 Å². The number of urea groups is 1. The Kier molecular flexibility index (Phi) is 4.83. The molecule has 1 unspecified atom stereocenters. The van der Waals surface area contributed by atoms with Gasteiger partial charge in [-0.15, -0.1) is 0 Å². The van der Waals surface area contributed by atoms with E-state index in [1.807, 2.05) is 29.2 Å². The highest BCUT2D eigenvalue weighted by Gasteiger charge is 2.30. The van der Waals surface area contributed by atoms with Crippen LogP contribution >= 0.6 is 0 Å². The molecule has 22 heavy (non-hydrogen) atoms. The lowest BCUT2D eigenvalue weighted by Gasteiger charge is -2.34. The Hall–Kier alpha value is -1.75. The third-order valence-corrected chi connectivity index (χ3v) is 4.84. The van der Waals surface area contributed by atoms with Crippen molar-refractivity contribution >= 4 is 11.7 Å². The smallest absolute Gasteiger partial charge is 0.321 e. The van der Waals surface area contributed by atoms with Gasteiger partial charge in [0.05, 0.1) is 12.8 Å². The first-order chi connectivity index (χ1) is 10.8. The molecule has 0 aliphatic carbocycles. The van der Waals surface area contributed by atoms with Gasteiger partial charge in [0.15, 0.2) is 0 Å². The predicted molar refractivity (Wildman–Crippen MR) is 87.3 cm³/mol. The van der Waals surface area contributed by atoms with Gasteiger partial charge in [-0.05, 0) is 50.3 Å². The molecule has 2 saturated heterocycles. The van der Waals surface area contributed by atoms with Crippen molar-refractivity contribution in [1.82, 2.24) is 10.2 Å². The van der Waals surface area contributed by atoms with Crippen molar-refractivity contribution in [2.75, 3.05) is 32.1 Å². The van der Waals surface area contributed by atoms with Crippen LogP contribution in [0.3, 0.4) is 0 Å². The zero-order chi connectivity index (χ0) is 15.4. The summed E-state index contributed by atoms with van der Waals surface area (Å²) in [6.45, 7) is 2.83. The summed E-state index contributed by atoms with van der Waals surface area (Å²) in [4.78, 5) is 14.3. The zero-order valence-corrected chi connectivity index (χ0v) is 13.2. The van der Waals surface area contributed by atoms with Gasteiger partial charge >= 0.3 is 6.03 Å². The fourth-order valence-electron chi connectivity index (χ4n) is 3.56. The number of piperidine rings is 1. The van der Waals surface area contributed by atoms with Crippen molar-refractivity contribution in [3.05, 3.63) is 24.3 Å². The maximum Gasteiger partial charge on any atom is 0.321 e. The first kappa shape index (κ1) is 15.2. The van der Waals surface area contributed by atoms with E-state index in [9.17, 15) is 4.79 Å². The second kappa shape index (κ2) is 7.01. The van der Waals surface area contributed by atoms with E-state index < -0.39 is 0 Å². The van der Waals surface area contributed by atoms with Gasteiger partial charge in [-0.2, -0.15) is 0 Å². The number of hydrogen-bond acceptors (Lipinski definition) is 3. The number of hydrogen-bond donors (Lipinski definition) is 2. The number of methoxy groups -OCH3 is 1. The molecule has 1 aromatic carbocycles. The van der Waals surface area contributed by atoms with E-state index >= 15 is 0 Å². The number of nitrogens with zero attached hydrogens (tertiary/aromatic N) is 1. The molecule has 1 atom stereocenters. The molecular weight excluding hydrogens is 278 g/mol. The number of carbonyl (C=O) groups is 1. The lowest BCUT2D eigenvalue weighted by Crippen LogP contribution is -2.44. The summed E-state index contributed by atoms with van der Waals surface area (Å²) in [5.74, 6) is 1.42. The fraction of sp³-hybridized carbons (Fsp3) is 0.588. The van der Waals surface area contributed by atoms with Crippen LogP contribution in [0.15, 0.2) is 24.3 Å². The molecule has 2 fully saturated rings. The maximum absolute atomic E-state index is 12.4. The molecule has 2 aliphatic heterocycles. The van der Waals surface area contributed by atoms with Gasteiger partial charge in [0.2, 0.25) is 0 Å². The number of anilines is 1. The van der Waals surface area contributed by atoms with Crippen LogP contribution < -0.4 is 15.4 Å². The van der Waals surface area contributed by atoms with Gasteiger partial charge in [0.1, 0.15) is 5.75 Å². The van der Waals surface area contributed by atoms with Gasteiger partial charge < -0.3 is 20.3 Å². The summed E-state index contributed by atoms with van der Waals surface area (Å²) in [6.07, 6.45) is 4.77. The van der Waals surface area contributed by atoms with Crippen molar-refractivity contribution in [3.8, 4) is 5.75 Å². The van der Waals surface area contributed by atoms with E-state index in [2.05, 4.69) is 10.6 Å². The number of benzene rings is 1. The van der Waals surface area contributed by atoms with Crippen LogP contribution in [0.25, 0.3) is 0 Å². The minimum Gasteiger partial charge on any atom is -0.495 e. The second-order valence-corrected chi connectivity index (χ2v) is 6.16. The summed E-state index contributed by atoms with van der Waals surface area (Å²) < 4.78 is 5.28. The van der Waals surface area contributed by atoms with Gasteiger partial charge in [0, 0.05) is 19.1 Å². The Morgan fingerprint density at radius 1 is 1.27 bits per heavy atom. The fourth-order valence-corrected chi connectivity index (χ4v) is 3.56. The largest absolute Gasteiger partial charge is 0.495 e. The van der Waals surface area contributed by atoms with E-state index in [1.165, 1.54) is 12.8 Å². The number of rotatable bonds is 3. The number of nitrogens with one attached hydrogen (secondary N) is 2. The molecule has 2 aliphatic rings. The first-order valence-corrected chi connectivity index (χ1v) is 8.20. The summed E-state index contributed by atoms with van der Waals surface area (Å²) in [6, 6.07) is 8.16. The Morgan fingerprint density at radius 3 is 2.73 bits per heavy atom. The van der Waals surface area contributed by atoms with Crippen LogP contribution in [0, 0.1) is 5.92 Å². The Morgan fingerprint density at radius 2 is 2.05 bits per heavy atom. The van der Waals surface area contributed by atoms with Crippen LogP contribution in [-0.2, 0) is 0 Å². The molecular formula is C17H25N3O2. The highest BCUT2D eigenvalue weighted by molar-refractivity contribution is 5.91. The minimum absolute atomic E-state index is 0.0256. The van der Waals surface area contributed by atoms with Crippen molar-refractivity contribution in [2.24, 2.45) is 5.92 Å². The maximum atomic E-state index is 12.4. The lowest BCUT2D eigenvalue weighted by atomic mass is 9.89. The number of likely N-dealkylation sites (tertiary alicyclic amines) is 1. The molecule has 0 saturated carbocycles. The number of amides is 2. The van der Waals surface area contributed by atoms with Crippen LogP contribution in [-0.4, -0.2) is 43.7 Å². The highest BCUT2D eigenvalue weighted by atomic mass is 16.5. The lowest BCUT2D eigenvalue weighted by molar-refractivity contribution is 0.170. The molecule has 5 heteroatoms. The van der Waals surface area contributed by atoms with Crippen molar-refractivity contribution in [1.29, 1.82) is 0 Å². The van der Waals surface area contributed by atoms with Crippen LogP contribution in [0.1, 0.15) is 25.7 Å². The van der Waals surface area contributed by atoms with Gasteiger partial charge in [-0.3, -0.25) is 0 Å². The number of ether oxygens (including phenoxy) is 1. The van der Waals surface area contributed by atoms with Gasteiger partial charge in [0.25, 0.3) is 0 Å². The SMILES string of the molecule is COc1ccccc1NC(=O)N1CCC(C2CCCN2)CC1. The topological polar surface area (TPSA) is 53.6 Å². The quantitative estimate of drug-likeness (QED) is 0.902. The molecule has 5 nitrogen and oxygen atoms in total. The summed E-state index contributed by atoms with van der Waals surface area (Å²) in [7, 11) is 1.62. The molecule has 1 aromatic rings. The normalized spacial score (nSPS) is 22.6. The average Bonchev–Trinajstić information content (AvgIpc) is 3.10. The standard InChI is InChI=1S/C17H25N3O2/c1-22-16-7-3-2-5-15(16)19-17(21)20-11-8-13(9-12-20)14-6-4-10-18-14/h2-3,5,7,13-14,18H,4,6,8-12H2,1H3,(H,19,21). The highest BCUT2D eigenvalue weighted by Crippen LogP contribution is 2.27. The second-order valence-electron chi connectivity index (χ2n) is 6.16. The van der Waals surface area contributed by atoms with E-state index in [-0.39, 0.29) is 6.03 Å². The van der Waals surface area contributed by atoms with Crippen molar-refractivity contribution < 1.29 is 9.53 Å². The molecule has 2 amide bonds. The van der Waals surface area contributed by atoms with E-state index in [0.717, 1.165) is 44.1 Å². The molecule has 0 bridgehead atoms. The average molecular weight is 303 g/mol. The Bertz CT molecular complexity index is 506. The van der Waals surface area contributed by atoms with Crippen LogP contribution in [0.5, 0.6) is 5.75 Å². The van der Waals surface area contributed by atoms with Crippen molar-refractivity contribution in [2.45, 2.75) is 31.7 Å². The summed E-state index contributed by atoms with van der Waals surface area (Å²) in [5.41, 5.74) is 0.731. The monoisotopic (exact) mass is 303 g/mol. The first-order valence-electron chi connectivity index (χ1n) is 8.20. The van der Waals surface area contributed by atoms with E-state index in [4.69, 9.17) is 4.74 Å². The molecule has 2 N–H and O–H groups in total. The predicted octanol–water partition coefficient (Wildman–Crippen LogP) is 2.69. The third-order valence-electron chi connectivity index (χ3n) is 4.84. The minimum atomic E-state index is -0.0256. The molecule has 2 heterocycles. The summed E-state index contributed by atoms with van der Waals surface area (Å²) in [5, 5.41) is 6.55. The molecule has 0 spiro atoms. The van der Waals surface area contributed by atoms with E-state index in [1.54, 1.807) is 7.11 Å². The van der Waals surface area contributed by atoms with E-state index in [0.29, 0.717) is 11.8 Å².